The van der Waals surface area contributed by atoms with Gasteiger partial charge in [-0.2, -0.15) is 11.8 Å². The number of hydrogen-bond donors (Lipinski definition) is 2. The van der Waals surface area contributed by atoms with Gasteiger partial charge in [-0.15, -0.1) is 0 Å². The molecule has 1 aliphatic rings. The molecule has 1 aromatic rings. The first-order valence-corrected chi connectivity index (χ1v) is 7.62. The van der Waals surface area contributed by atoms with Crippen molar-refractivity contribution in [3.05, 3.63) is 24.3 Å². The molecule has 3 nitrogen and oxygen atoms in total. The van der Waals surface area contributed by atoms with Crippen LogP contribution >= 0.6 is 11.8 Å². The van der Waals surface area contributed by atoms with Crippen molar-refractivity contribution in [2.75, 3.05) is 22.6 Å². The highest BCUT2D eigenvalue weighted by Gasteiger charge is 2.15. The van der Waals surface area contributed by atoms with Gasteiger partial charge in [-0.05, 0) is 42.7 Å². The Bertz CT molecular complexity index is 403. The smallest absolute Gasteiger partial charge is 0.234 e. The number of carbonyl (C=O) groups excluding carboxylic acids is 1. The molecular weight excluding hydrogens is 244 g/mol. The van der Waals surface area contributed by atoms with Crippen LogP contribution in [0.1, 0.15) is 25.7 Å². The van der Waals surface area contributed by atoms with Crippen LogP contribution in [-0.2, 0) is 4.79 Å². The van der Waals surface area contributed by atoms with Gasteiger partial charge in [0, 0.05) is 11.4 Å². The van der Waals surface area contributed by atoms with E-state index in [1.165, 1.54) is 25.7 Å². The van der Waals surface area contributed by atoms with Gasteiger partial charge < -0.3 is 11.1 Å². The Morgan fingerprint density at radius 2 is 2.17 bits per heavy atom. The van der Waals surface area contributed by atoms with Crippen LogP contribution < -0.4 is 11.1 Å². The van der Waals surface area contributed by atoms with Crippen molar-refractivity contribution in [2.45, 2.75) is 25.7 Å². The van der Waals surface area contributed by atoms with Gasteiger partial charge in [0.25, 0.3) is 0 Å². The first kappa shape index (κ1) is 13.3. The monoisotopic (exact) mass is 264 g/mol. The van der Waals surface area contributed by atoms with Gasteiger partial charge in [0.05, 0.1) is 5.75 Å². The first-order chi connectivity index (χ1) is 8.74. The number of thioether (sulfide) groups is 1. The maximum Gasteiger partial charge on any atom is 0.234 e. The van der Waals surface area contributed by atoms with Gasteiger partial charge in [0.15, 0.2) is 0 Å². The lowest BCUT2D eigenvalue weighted by molar-refractivity contribution is -0.113. The summed E-state index contributed by atoms with van der Waals surface area (Å²) in [6.45, 7) is 0. The van der Waals surface area contributed by atoms with Gasteiger partial charge in [0.1, 0.15) is 0 Å². The van der Waals surface area contributed by atoms with Gasteiger partial charge in [-0.3, -0.25) is 4.79 Å². The van der Waals surface area contributed by atoms with Gasteiger partial charge in [-0.25, -0.2) is 0 Å². The van der Waals surface area contributed by atoms with Crippen molar-refractivity contribution in [3.8, 4) is 0 Å². The van der Waals surface area contributed by atoms with Crippen LogP contribution in [0.25, 0.3) is 0 Å². The first-order valence-electron chi connectivity index (χ1n) is 6.47. The van der Waals surface area contributed by atoms with E-state index in [1.54, 1.807) is 17.8 Å². The molecule has 1 amide bonds. The lowest BCUT2D eigenvalue weighted by Crippen LogP contribution is -2.15. The molecule has 4 heteroatoms. The van der Waals surface area contributed by atoms with Crippen molar-refractivity contribution < 1.29 is 4.79 Å². The Hall–Kier alpha value is -1.16. The summed E-state index contributed by atoms with van der Waals surface area (Å²) >= 11 is 1.74. The summed E-state index contributed by atoms with van der Waals surface area (Å²) in [4.78, 5) is 11.7. The summed E-state index contributed by atoms with van der Waals surface area (Å²) < 4.78 is 0. The van der Waals surface area contributed by atoms with Crippen LogP contribution in [0.15, 0.2) is 24.3 Å². The van der Waals surface area contributed by atoms with Crippen LogP contribution in [0.5, 0.6) is 0 Å². The lowest BCUT2D eigenvalue weighted by Gasteiger charge is -2.09. The van der Waals surface area contributed by atoms with E-state index in [0.717, 1.165) is 17.4 Å². The molecule has 0 spiro atoms. The predicted octanol–water partition coefficient (Wildman–Crippen LogP) is 3.13. The molecule has 0 heterocycles. The second-order valence-electron chi connectivity index (χ2n) is 4.84. The van der Waals surface area contributed by atoms with Gasteiger partial charge >= 0.3 is 0 Å². The van der Waals surface area contributed by atoms with Crippen molar-refractivity contribution in [1.82, 2.24) is 0 Å². The third kappa shape index (κ3) is 4.26. The highest BCUT2D eigenvalue weighted by molar-refractivity contribution is 7.99. The minimum Gasteiger partial charge on any atom is -0.399 e. The molecule has 1 saturated carbocycles. The minimum absolute atomic E-state index is 0.0589. The molecular formula is C14H20N2OS. The van der Waals surface area contributed by atoms with E-state index < -0.39 is 0 Å². The Labute approximate surface area is 113 Å². The third-order valence-electron chi connectivity index (χ3n) is 3.23. The summed E-state index contributed by atoms with van der Waals surface area (Å²) in [5.41, 5.74) is 7.11. The molecule has 18 heavy (non-hydrogen) atoms. The number of nitrogens with two attached hydrogens (primary N) is 1. The van der Waals surface area contributed by atoms with E-state index in [4.69, 9.17) is 5.73 Å². The van der Waals surface area contributed by atoms with Crippen molar-refractivity contribution in [2.24, 2.45) is 5.92 Å². The number of benzene rings is 1. The molecule has 0 aromatic heterocycles. The number of amides is 1. The Balaban J connectivity index is 1.68. The summed E-state index contributed by atoms with van der Waals surface area (Å²) in [5.74, 6) is 2.54. The van der Waals surface area contributed by atoms with Crippen molar-refractivity contribution >= 4 is 29.0 Å². The lowest BCUT2D eigenvalue weighted by atomic mass is 10.1. The number of nitrogens with one attached hydrogen (secondary N) is 1. The van der Waals surface area contributed by atoms with Crippen LogP contribution in [0.3, 0.4) is 0 Å². The zero-order valence-corrected chi connectivity index (χ0v) is 11.3. The molecule has 0 aliphatic heterocycles. The van der Waals surface area contributed by atoms with E-state index in [0.29, 0.717) is 11.4 Å². The van der Waals surface area contributed by atoms with E-state index in [1.807, 2.05) is 18.2 Å². The van der Waals surface area contributed by atoms with Crippen LogP contribution in [0, 0.1) is 5.92 Å². The topological polar surface area (TPSA) is 55.1 Å². The third-order valence-corrected chi connectivity index (χ3v) is 4.41. The Morgan fingerprint density at radius 3 is 2.89 bits per heavy atom. The number of hydrogen-bond acceptors (Lipinski definition) is 3. The van der Waals surface area contributed by atoms with Crippen LogP contribution in [-0.4, -0.2) is 17.4 Å². The Morgan fingerprint density at radius 1 is 1.39 bits per heavy atom. The fourth-order valence-corrected chi connectivity index (χ4v) is 3.35. The summed E-state index contributed by atoms with van der Waals surface area (Å²) in [7, 11) is 0. The number of anilines is 2. The average molecular weight is 264 g/mol. The quantitative estimate of drug-likeness (QED) is 0.803. The molecule has 0 bridgehead atoms. The molecule has 0 unspecified atom stereocenters. The van der Waals surface area contributed by atoms with E-state index in [-0.39, 0.29) is 5.91 Å². The second kappa shape index (κ2) is 6.69. The average Bonchev–Trinajstić information content (AvgIpc) is 2.82. The summed E-state index contributed by atoms with van der Waals surface area (Å²) in [5, 5.41) is 2.87. The van der Waals surface area contributed by atoms with E-state index >= 15 is 0 Å². The zero-order chi connectivity index (χ0) is 12.8. The molecule has 0 radical (unpaired) electrons. The second-order valence-corrected chi connectivity index (χ2v) is 5.87. The fourth-order valence-electron chi connectivity index (χ4n) is 2.31. The number of nitrogen functional groups attached to an aromatic ring is 1. The van der Waals surface area contributed by atoms with Crippen molar-refractivity contribution in [3.63, 3.8) is 0 Å². The van der Waals surface area contributed by atoms with Gasteiger partial charge in [-0.1, -0.05) is 18.9 Å². The maximum absolute atomic E-state index is 11.7. The number of carbonyl (C=O) groups is 1. The van der Waals surface area contributed by atoms with E-state index in [9.17, 15) is 4.79 Å². The Kier molecular flexibility index (Phi) is 4.93. The molecule has 1 aliphatic carbocycles. The fraction of sp³-hybridized carbons (Fsp3) is 0.500. The van der Waals surface area contributed by atoms with Crippen LogP contribution in [0.4, 0.5) is 11.4 Å². The van der Waals surface area contributed by atoms with Gasteiger partial charge in [0.2, 0.25) is 5.91 Å². The largest absolute Gasteiger partial charge is 0.399 e. The molecule has 1 aromatic carbocycles. The maximum atomic E-state index is 11.7. The zero-order valence-electron chi connectivity index (χ0n) is 10.5. The molecule has 1 fully saturated rings. The SMILES string of the molecule is Nc1cccc(NC(=O)CSCC2CCCC2)c1. The van der Waals surface area contributed by atoms with Crippen LogP contribution in [0.2, 0.25) is 0 Å². The highest BCUT2D eigenvalue weighted by Crippen LogP contribution is 2.27. The molecule has 0 atom stereocenters. The highest BCUT2D eigenvalue weighted by atomic mass is 32.2. The predicted molar refractivity (Wildman–Crippen MR) is 78.8 cm³/mol. The summed E-state index contributed by atoms with van der Waals surface area (Å²) in [6, 6.07) is 7.29. The minimum atomic E-state index is 0.0589. The molecule has 0 saturated heterocycles. The normalized spacial score (nSPS) is 15.8. The molecule has 98 valence electrons. The van der Waals surface area contributed by atoms with Crippen molar-refractivity contribution in [1.29, 1.82) is 0 Å². The molecule has 2 rings (SSSR count). The standard InChI is InChI=1S/C14H20N2OS/c15-12-6-3-7-13(8-12)16-14(17)10-18-9-11-4-1-2-5-11/h3,6-8,11H,1-2,4-5,9-10,15H2,(H,16,17). The van der Waals surface area contributed by atoms with E-state index in [2.05, 4.69) is 5.32 Å². The summed E-state index contributed by atoms with van der Waals surface area (Å²) in [6.07, 6.45) is 5.40. The number of rotatable bonds is 5. The molecule has 3 N–H and O–H groups in total.